The van der Waals surface area contributed by atoms with Crippen molar-refractivity contribution in [2.24, 2.45) is 0 Å². The molecule has 0 fully saturated rings. The van der Waals surface area contributed by atoms with Gasteiger partial charge in [0, 0.05) is 63.1 Å². The predicted octanol–water partition coefficient (Wildman–Crippen LogP) is 12.7. The van der Waals surface area contributed by atoms with E-state index in [-0.39, 0.29) is 0 Å². The molecular formula is C45H26N4S2. The second kappa shape index (κ2) is 11.2. The third-order valence-electron chi connectivity index (χ3n) is 9.85. The molecule has 0 aliphatic carbocycles. The molecule has 4 nitrogen and oxygen atoms in total. The van der Waals surface area contributed by atoms with Crippen molar-refractivity contribution in [2.45, 2.75) is 0 Å². The molecule has 238 valence electrons. The first-order valence-corrected chi connectivity index (χ1v) is 18.6. The highest BCUT2D eigenvalue weighted by atomic mass is 32.1. The lowest BCUT2D eigenvalue weighted by Crippen LogP contribution is -2.00. The normalized spacial score (nSPS) is 11.9. The summed E-state index contributed by atoms with van der Waals surface area (Å²) in [6.45, 7) is 0. The van der Waals surface area contributed by atoms with Gasteiger partial charge >= 0.3 is 0 Å². The van der Waals surface area contributed by atoms with Crippen molar-refractivity contribution >= 4 is 84.8 Å². The molecule has 0 N–H and O–H groups in total. The number of thiophene rings is 2. The maximum Gasteiger partial charge on any atom is 0.164 e. The SMILES string of the molecule is c1ccc(-c2nc(-c3ccccc3)nc(-c3cccc4sc5cc6c(cc5c34)sc3c(-n4c5ccccc5c5ccccc54)cccc36)n2)cc1. The Kier molecular flexibility index (Phi) is 6.26. The molecule has 4 heterocycles. The van der Waals surface area contributed by atoms with Crippen molar-refractivity contribution in [3.8, 4) is 39.9 Å². The van der Waals surface area contributed by atoms with E-state index in [1.54, 1.807) is 0 Å². The molecule has 0 saturated heterocycles. The van der Waals surface area contributed by atoms with E-state index in [2.05, 4.69) is 126 Å². The lowest BCUT2D eigenvalue weighted by molar-refractivity contribution is 1.08. The fourth-order valence-electron chi connectivity index (χ4n) is 7.57. The van der Waals surface area contributed by atoms with E-state index in [0.29, 0.717) is 17.5 Å². The Hall–Kier alpha value is -6.21. The third-order valence-corrected chi connectivity index (χ3v) is 12.2. The highest BCUT2D eigenvalue weighted by Gasteiger charge is 2.20. The molecule has 0 aliphatic heterocycles. The van der Waals surface area contributed by atoms with E-state index < -0.39 is 0 Å². The third kappa shape index (κ3) is 4.40. The average Bonchev–Trinajstić information content (AvgIpc) is 3.86. The van der Waals surface area contributed by atoms with Crippen molar-refractivity contribution < 1.29 is 0 Å². The summed E-state index contributed by atoms with van der Waals surface area (Å²) in [6.07, 6.45) is 0. The van der Waals surface area contributed by atoms with Gasteiger partial charge < -0.3 is 4.57 Å². The summed E-state index contributed by atoms with van der Waals surface area (Å²) < 4.78 is 7.48. The number of fused-ring (bicyclic) bond motifs is 9. The molecule has 4 aromatic heterocycles. The predicted molar refractivity (Wildman–Crippen MR) is 216 cm³/mol. The van der Waals surface area contributed by atoms with Gasteiger partial charge in [0.25, 0.3) is 0 Å². The summed E-state index contributed by atoms with van der Waals surface area (Å²) in [4.78, 5) is 15.2. The molecule has 0 spiro atoms. The van der Waals surface area contributed by atoms with Gasteiger partial charge in [-0.15, -0.1) is 22.7 Å². The van der Waals surface area contributed by atoms with Crippen LogP contribution in [0.4, 0.5) is 0 Å². The van der Waals surface area contributed by atoms with Crippen LogP contribution in [0, 0.1) is 0 Å². The van der Waals surface area contributed by atoms with Gasteiger partial charge in [-0.1, -0.05) is 121 Å². The van der Waals surface area contributed by atoms with E-state index >= 15 is 0 Å². The van der Waals surface area contributed by atoms with Gasteiger partial charge in [-0.25, -0.2) is 15.0 Å². The molecular weight excluding hydrogens is 661 g/mol. The average molecular weight is 687 g/mol. The fraction of sp³-hybridized carbons (Fsp3) is 0. The Morgan fingerprint density at radius 1 is 0.392 bits per heavy atom. The second-order valence-electron chi connectivity index (χ2n) is 12.8. The van der Waals surface area contributed by atoms with Gasteiger partial charge in [-0.05, 0) is 36.4 Å². The van der Waals surface area contributed by atoms with E-state index in [1.807, 2.05) is 59.1 Å². The lowest BCUT2D eigenvalue weighted by Gasteiger charge is -2.09. The zero-order valence-corrected chi connectivity index (χ0v) is 28.7. The molecule has 11 rings (SSSR count). The molecule has 6 heteroatoms. The van der Waals surface area contributed by atoms with Crippen LogP contribution in [-0.4, -0.2) is 19.5 Å². The van der Waals surface area contributed by atoms with Crippen LogP contribution in [-0.2, 0) is 0 Å². The molecule has 0 amide bonds. The Balaban J connectivity index is 1.15. The highest BCUT2D eigenvalue weighted by Crippen LogP contribution is 2.46. The summed E-state index contributed by atoms with van der Waals surface area (Å²) in [6, 6.07) is 55.8. The van der Waals surface area contributed by atoms with Crippen molar-refractivity contribution in [2.75, 3.05) is 0 Å². The standard InChI is InChI=1S/C45H26N4S2/c1-3-13-27(14-4-1)43-46-44(28-15-5-2-6-16-28)48-45(47-43)32-20-12-24-38-41(32)34-26-39-33(25-40(34)50-38)31-19-11-23-37(42(31)51-39)49-35-21-9-7-17-29(35)30-18-8-10-22-36(30)49/h1-26H. The molecule has 0 unspecified atom stereocenters. The number of aromatic nitrogens is 4. The smallest absolute Gasteiger partial charge is 0.164 e. The van der Waals surface area contributed by atoms with Crippen molar-refractivity contribution in [1.82, 2.24) is 19.5 Å². The first-order chi connectivity index (χ1) is 25.3. The van der Waals surface area contributed by atoms with Gasteiger partial charge in [0.05, 0.1) is 21.4 Å². The first kappa shape index (κ1) is 28.6. The second-order valence-corrected chi connectivity index (χ2v) is 14.9. The van der Waals surface area contributed by atoms with Crippen LogP contribution in [0.15, 0.2) is 158 Å². The quantitative estimate of drug-likeness (QED) is 0.185. The van der Waals surface area contributed by atoms with Gasteiger partial charge in [-0.3, -0.25) is 0 Å². The molecule has 11 aromatic rings. The number of nitrogens with zero attached hydrogens (tertiary/aromatic N) is 4. The summed E-state index contributed by atoms with van der Waals surface area (Å²) in [5, 5.41) is 7.53. The van der Waals surface area contributed by atoms with Crippen LogP contribution in [0.5, 0.6) is 0 Å². The number of hydrogen-bond acceptors (Lipinski definition) is 5. The number of para-hydroxylation sites is 2. The summed E-state index contributed by atoms with van der Waals surface area (Å²) in [5.41, 5.74) is 6.61. The van der Waals surface area contributed by atoms with Crippen LogP contribution in [0.2, 0.25) is 0 Å². The van der Waals surface area contributed by atoms with E-state index in [0.717, 1.165) is 16.7 Å². The number of hydrogen-bond donors (Lipinski definition) is 0. The molecule has 0 atom stereocenters. The molecule has 0 saturated carbocycles. The van der Waals surface area contributed by atoms with Crippen molar-refractivity contribution in [1.29, 1.82) is 0 Å². The monoisotopic (exact) mass is 686 g/mol. The maximum absolute atomic E-state index is 5.11. The topological polar surface area (TPSA) is 43.6 Å². The zero-order chi connectivity index (χ0) is 33.5. The minimum atomic E-state index is 0.667. The summed E-state index contributed by atoms with van der Waals surface area (Å²) >= 11 is 3.71. The number of benzene rings is 7. The molecule has 51 heavy (non-hydrogen) atoms. The number of rotatable bonds is 4. The summed E-state index contributed by atoms with van der Waals surface area (Å²) in [7, 11) is 0. The minimum absolute atomic E-state index is 0.667. The Morgan fingerprint density at radius 3 is 1.63 bits per heavy atom. The van der Waals surface area contributed by atoms with Crippen LogP contribution in [0.3, 0.4) is 0 Å². The van der Waals surface area contributed by atoms with Crippen LogP contribution in [0.25, 0.3) is 102 Å². The fourth-order valence-corrected chi connectivity index (χ4v) is 9.96. The molecule has 7 aromatic carbocycles. The first-order valence-electron chi connectivity index (χ1n) is 16.9. The Morgan fingerprint density at radius 2 is 0.941 bits per heavy atom. The van der Waals surface area contributed by atoms with Gasteiger partial charge in [0.1, 0.15) is 0 Å². The van der Waals surface area contributed by atoms with Crippen molar-refractivity contribution in [3.05, 3.63) is 158 Å². The lowest BCUT2D eigenvalue weighted by atomic mass is 10.0. The van der Waals surface area contributed by atoms with Crippen molar-refractivity contribution in [3.63, 3.8) is 0 Å². The molecule has 0 bridgehead atoms. The molecule has 0 aliphatic rings. The highest BCUT2D eigenvalue weighted by molar-refractivity contribution is 7.27. The molecule has 0 radical (unpaired) electrons. The van der Waals surface area contributed by atoms with Crippen LogP contribution in [0.1, 0.15) is 0 Å². The zero-order valence-electron chi connectivity index (χ0n) is 27.1. The maximum atomic E-state index is 5.11. The minimum Gasteiger partial charge on any atom is -0.308 e. The van der Waals surface area contributed by atoms with E-state index in [9.17, 15) is 0 Å². The van der Waals surface area contributed by atoms with Crippen LogP contribution < -0.4 is 0 Å². The summed E-state index contributed by atoms with van der Waals surface area (Å²) in [5.74, 6) is 2.01. The van der Waals surface area contributed by atoms with Gasteiger partial charge in [0.15, 0.2) is 17.5 Å². The van der Waals surface area contributed by atoms with Crippen LogP contribution >= 0.6 is 22.7 Å². The Labute approximate surface area is 300 Å². The van der Waals surface area contributed by atoms with E-state index in [4.69, 9.17) is 15.0 Å². The van der Waals surface area contributed by atoms with E-state index in [1.165, 1.54) is 67.8 Å². The largest absolute Gasteiger partial charge is 0.308 e. The van der Waals surface area contributed by atoms with Gasteiger partial charge in [-0.2, -0.15) is 0 Å². The van der Waals surface area contributed by atoms with Gasteiger partial charge in [0.2, 0.25) is 0 Å². The Bertz CT molecular complexity index is 3030.